The van der Waals surface area contributed by atoms with Gasteiger partial charge in [-0.05, 0) is 25.8 Å². The quantitative estimate of drug-likeness (QED) is 0.793. The molecular formula is C16H22N6O. The summed E-state index contributed by atoms with van der Waals surface area (Å²) in [4.78, 5) is 20.3. The number of carbonyl (C=O) groups is 1. The maximum absolute atomic E-state index is 11.9. The van der Waals surface area contributed by atoms with Crippen LogP contribution < -0.4 is 10.6 Å². The van der Waals surface area contributed by atoms with Crippen molar-refractivity contribution in [2.45, 2.75) is 32.6 Å². The Bertz CT molecular complexity index is 662. The predicted octanol–water partition coefficient (Wildman–Crippen LogP) is 1.69. The van der Waals surface area contributed by atoms with Crippen LogP contribution in [-0.4, -0.2) is 38.7 Å². The molecule has 2 aromatic heterocycles. The number of nitrogens with one attached hydrogen (secondary N) is 2. The number of hydrogen-bond acceptors (Lipinski definition) is 5. The molecule has 2 aromatic rings. The summed E-state index contributed by atoms with van der Waals surface area (Å²) >= 11 is 0. The third kappa shape index (κ3) is 4.06. The zero-order chi connectivity index (χ0) is 16.1. The molecule has 7 nitrogen and oxygen atoms in total. The molecule has 0 aromatic carbocycles. The van der Waals surface area contributed by atoms with Crippen molar-refractivity contribution in [1.82, 2.24) is 25.1 Å². The summed E-state index contributed by atoms with van der Waals surface area (Å²) in [6, 6.07) is 3.76. The smallest absolute Gasteiger partial charge is 0.223 e. The van der Waals surface area contributed by atoms with E-state index in [4.69, 9.17) is 0 Å². The fourth-order valence-electron chi connectivity index (χ4n) is 2.82. The van der Waals surface area contributed by atoms with E-state index in [-0.39, 0.29) is 11.8 Å². The van der Waals surface area contributed by atoms with Gasteiger partial charge in [-0.15, -0.1) is 0 Å². The minimum atomic E-state index is 0.180. The number of hydrogen-bond donors (Lipinski definition) is 2. The van der Waals surface area contributed by atoms with Crippen LogP contribution in [0.2, 0.25) is 0 Å². The molecule has 0 radical (unpaired) electrons. The lowest BCUT2D eigenvalue weighted by Crippen LogP contribution is -2.33. The van der Waals surface area contributed by atoms with Crippen LogP contribution in [0.5, 0.6) is 0 Å². The minimum Gasteiger partial charge on any atom is -0.368 e. The van der Waals surface area contributed by atoms with E-state index in [0.29, 0.717) is 18.9 Å². The Morgan fingerprint density at radius 2 is 2.13 bits per heavy atom. The van der Waals surface area contributed by atoms with Gasteiger partial charge in [-0.25, -0.2) is 14.6 Å². The molecule has 0 spiro atoms. The van der Waals surface area contributed by atoms with Crippen molar-refractivity contribution in [2.24, 2.45) is 5.92 Å². The first-order chi connectivity index (χ1) is 11.2. The molecule has 1 amide bonds. The van der Waals surface area contributed by atoms with E-state index in [1.54, 1.807) is 4.68 Å². The van der Waals surface area contributed by atoms with Crippen LogP contribution in [0.3, 0.4) is 0 Å². The van der Waals surface area contributed by atoms with E-state index in [9.17, 15) is 4.79 Å². The maximum atomic E-state index is 11.9. The second-order valence-electron chi connectivity index (χ2n) is 5.86. The van der Waals surface area contributed by atoms with Crippen LogP contribution in [0, 0.1) is 12.8 Å². The van der Waals surface area contributed by atoms with Crippen molar-refractivity contribution in [3.05, 3.63) is 30.4 Å². The third-order valence-electron chi connectivity index (χ3n) is 4.07. The first-order valence-electron chi connectivity index (χ1n) is 8.08. The SMILES string of the molecule is Cc1ccn(-c2cc(NCCNC(=O)C3CCCC3)ncn2)n1. The highest BCUT2D eigenvalue weighted by molar-refractivity contribution is 5.78. The summed E-state index contributed by atoms with van der Waals surface area (Å²) < 4.78 is 1.71. The number of aromatic nitrogens is 4. The van der Waals surface area contributed by atoms with Gasteiger partial charge in [0, 0.05) is 31.3 Å². The van der Waals surface area contributed by atoms with Gasteiger partial charge in [0.15, 0.2) is 5.82 Å². The lowest BCUT2D eigenvalue weighted by molar-refractivity contribution is -0.124. The summed E-state index contributed by atoms with van der Waals surface area (Å²) in [6.45, 7) is 3.16. The Morgan fingerprint density at radius 1 is 1.30 bits per heavy atom. The maximum Gasteiger partial charge on any atom is 0.223 e. The molecule has 1 fully saturated rings. The summed E-state index contributed by atoms with van der Waals surface area (Å²) in [5.74, 6) is 1.83. The van der Waals surface area contributed by atoms with Crippen LogP contribution >= 0.6 is 0 Å². The van der Waals surface area contributed by atoms with Crippen LogP contribution in [-0.2, 0) is 4.79 Å². The van der Waals surface area contributed by atoms with Crippen molar-refractivity contribution in [1.29, 1.82) is 0 Å². The molecule has 1 aliphatic carbocycles. The van der Waals surface area contributed by atoms with Gasteiger partial charge in [0.1, 0.15) is 12.1 Å². The van der Waals surface area contributed by atoms with Crippen molar-refractivity contribution in [2.75, 3.05) is 18.4 Å². The number of aryl methyl sites for hydroxylation is 1. The minimum absolute atomic E-state index is 0.180. The topological polar surface area (TPSA) is 84.7 Å². The van der Waals surface area contributed by atoms with Gasteiger partial charge in [0.05, 0.1) is 5.69 Å². The molecule has 2 N–H and O–H groups in total. The number of amides is 1. The number of nitrogens with zero attached hydrogens (tertiary/aromatic N) is 4. The average molecular weight is 314 g/mol. The monoisotopic (exact) mass is 314 g/mol. The molecule has 0 atom stereocenters. The second-order valence-corrected chi connectivity index (χ2v) is 5.86. The van der Waals surface area contributed by atoms with Gasteiger partial charge in [-0.1, -0.05) is 12.8 Å². The lowest BCUT2D eigenvalue weighted by atomic mass is 10.1. The Balaban J connectivity index is 1.48. The van der Waals surface area contributed by atoms with Gasteiger partial charge >= 0.3 is 0 Å². The van der Waals surface area contributed by atoms with E-state index < -0.39 is 0 Å². The van der Waals surface area contributed by atoms with Crippen molar-refractivity contribution >= 4 is 11.7 Å². The normalized spacial score (nSPS) is 14.8. The highest BCUT2D eigenvalue weighted by Crippen LogP contribution is 2.24. The van der Waals surface area contributed by atoms with E-state index in [1.165, 1.54) is 19.2 Å². The first-order valence-corrected chi connectivity index (χ1v) is 8.08. The molecule has 23 heavy (non-hydrogen) atoms. The molecule has 0 bridgehead atoms. The van der Waals surface area contributed by atoms with Gasteiger partial charge in [-0.2, -0.15) is 5.10 Å². The van der Waals surface area contributed by atoms with Crippen LogP contribution in [0.25, 0.3) is 5.82 Å². The van der Waals surface area contributed by atoms with Crippen molar-refractivity contribution in [3.8, 4) is 5.82 Å². The van der Waals surface area contributed by atoms with E-state index in [0.717, 1.165) is 24.4 Å². The number of anilines is 1. The second kappa shape index (κ2) is 7.21. The average Bonchev–Trinajstić information content (AvgIpc) is 3.23. The zero-order valence-electron chi connectivity index (χ0n) is 13.3. The Morgan fingerprint density at radius 3 is 2.87 bits per heavy atom. The van der Waals surface area contributed by atoms with E-state index in [1.807, 2.05) is 25.3 Å². The summed E-state index contributed by atoms with van der Waals surface area (Å²) in [5, 5.41) is 10.5. The zero-order valence-corrected chi connectivity index (χ0v) is 13.3. The van der Waals surface area contributed by atoms with Crippen molar-refractivity contribution in [3.63, 3.8) is 0 Å². The Kier molecular flexibility index (Phi) is 4.85. The standard InChI is InChI=1S/C16H22N6O/c1-12-6-9-22(21-12)15-10-14(19-11-20-15)17-7-8-18-16(23)13-4-2-3-5-13/h6,9-11,13H,2-5,7-8H2,1H3,(H,18,23)(H,17,19,20). The fourth-order valence-corrected chi connectivity index (χ4v) is 2.82. The third-order valence-corrected chi connectivity index (χ3v) is 4.07. The van der Waals surface area contributed by atoms with Crippen LogP contribution in [0.4, 0.5) is 5.82 Å². The van der Waals surface area contributed by atoms with E-state index >= 15 is 0 Å². The summed E-state index contributed by atoms with van der Waals surface area (Å²) in [5.41, 5.74) is 0.938. The molecular weight excluding hydrogens is 292 g/mol. The number of carbonyl (C=O) groups excluding carboxylic acids is 1. The Labute approximate surface area is 135 Å². The molecule has 0 saturated heterocycles. The van der Waals surface area contributed by atoms with Gasteiger partial charge in [0.25, 0.3) is 0 Å². The largest absolute Gasteiger partial charge is 0.368 e. The van der Waals surface area contributed by atoms with Crippen molar-refractivity contribution < 1.29 is 4.79 Å². The first kappa shape index (κ1) is 15.5. The predicted molar refractivity (Wildman–Crippen MR) is 87.3 cm³/mol. The van der Waals surface area contributed by atoms with E-state index in [2.05, 4.69) is 25.7 Å². The molecule has 1 aliphatic rings. The Hall–Kier alpha value is -2.44. The molecule has 2 heterocycles. The number of rotatable bonds is 6. The van der Waals surface area contributed by atoms with Crippen LogP contribution in [0.15, 0.2) is 24.7 Å². The highest BCUT2D eigenvalue weighted by Gasteiger charge is 2.21. The molecule has 0 unspecified atom stereocenters. The van der Waals surface area contributed by atoms with Gasteiger partial charge in [0.2, 0.25) is 5.91 Å². The molecule has 7 heteroatoms. The molecule has 1 saturated carbocycles. The highest BCUT2D eigenvalue weighted by atomic mass is 16.1. The molecule has 0 aliphatic heterocycles. The summed E-state index contributed by atoms with van der Waals surface area (Å²) in [7, 11) is 0. The summed E-state index contributed by atoms with van der Waals surface area (Å²) in [6.07, 6.45) is 7.77. The fraction of sp³-hybridized carbons (Fsp3) is 0.500. The molecule has 122 valence electrons. The molecule has 3 rings (SSSR count). The lowest BCUT2D eigenvalue weighted by Gasteiger charge is -2.11. The van der Waals surface area contributed by atoms with Crippen LogP contribution in [0.1, 0.15) is 31.4 Å². The van der Waals surface area contributed by atoms with Gasteiger partial charge in [-0.3, -0.25) is 4.79 Å². The van der Waals surface area contributed by atoms with Gasteiger partial charge < -0.3 is 10.6 Å².